The van der Waals surface area contributed by atoms with Gasteiger partial charge in [-0.1, -0.05) is 30.3 Å². The summed E-state index contributed by atoms with van der Waals surface area (Å²) in [5.41, 5.74) is -0.774. The molecule has 0 radical (unpaired) electrons. The quantitative estimate of drug-likeness (QED) is 0.523. The number of carbonyl (C=O) groups is 2. The zero-order valence-corrected chi connectivity index (χ0v) is 17.3. The first-order chi connectivity index (χ1) is 12.3. The normalized spacial score (nSPS) is 32.4. The fourth-order valence-electron chi connectivity index (χ4n) is 5.68. The molecule has 0 aliphatic heterocycles. The van der Waals surface area contributed by atoms with Crippen LogP contribution < -0.4 is 34.7 Å². The van der Waals surface area contributed by atoms with Crippen molar-refractivity contribution in [1.82, 2.24) is 0 Å². The molecular weight excluding hydrogens is 365 g/mol. The minimum Gasteiger partial charge on any atom is -0.544 e. The van der Waals surface area contributed by atoms with E-state index in [-0.39, 0.29) is 35.1 Å². The van der Waals surface area contributed by atoms with Crippen LogP contribution in [0.5, 0.6) is 0 Å². The Morgan fingerprint density at radius 2 is 1.52 bits per heavy atom. The van der Waals surface area contributed by atoms with Gasteiger partial charge in [0.05, 0.1) is 5.41 Å². The van der Waals surface area contributed by atoms with Gasteiger partial charge in [0.25, 0.3) is 0 Å². The Morgan fingerprint density at radius 3 is 1.96 bits per heavy atom. The Balaban J connectivity index is 0.00000210. The number of alkyl halides is 2. The molecule has 140 valence electrons. The third-order valence-electron chi connectivity index (χ3n) is 6.40. The monoisotopic (exact) mass is 386 g/mol. The number of ether oxygens (including phenoxy) is 1. The maximum Gasteiger partial charge on any atom is 1.00 e. The number of carbonyl (C=O) groups excluding carboxylic acids is 2. The summed E-state index contributed by atoms with van der Waals surface area (Å²) in [5.74, 6) is -6.16. The van der Waals surface area contributed by atoms with Crippen LogP contribution in [0.4, 0.5) is 8.78 Å². The second-order valence-corrected chi connectivity index (χ2v) is 8.30. The van der Waals surface area contributed by atoms with Crippen LogP contribution in [-0.2, 0) is 14.3 Å². The molecule has 4 fully saturated rings. The molecule has 4 aliphatic rings. The first kappa shape index (κ1) is 20.7. The van der Waals surface area contributed by atoms with E-state index in [0.717, 1.165) is 19.3 Å². The summed E-state index contributed by atoms with van der Waals surface area (Å²) in [7, 11) is 0. The van der Waals surface area contributed by atoms with Gasteiger partial charge in [0.1, 0.15) is 5.97 Å². The van der Waals surface area contributed by atoms with E-state index in [1.165, 1.54) is 24.3 Å². The summed E-state index contributed by atoms with van der Waals surface area (Å²) in [5, 5.41) is 11.0. The van der Waals surface area contributed by atoms with E-state index in [0.29, 0.717) is 37.0 Å². The summed E-state index contributed by atoms with van der Waals surface area (Å²) in [6.07, 6.45) is 3.12. The second kappa shape index (κ2) is 7.45. The van der Waals surface area contributed by atoms with Crippen molar-refractivity contribution in [3.63, 3.8) is 0 Å². The second-order valence-electron chi connectivity index (χ2n) is 8.30. The number of carboxylic acid groups (broad SMARTS) is 1. The fraction of sp³-hybridized carbons (Fsp3) is 0.600. The molecule has 1 aromatic rings. The van der Waals surface area contributed by atoms with Gasteiger partial charge in [0.2, 0.25) is 0 Å². The topological polar surface area (TPSA) is 66.4 Å². The molecule has 0 spiro atoms. The molecule has 1 atom stereocenters. The number of aliphatic carboxylic acids is 1. The molecule has 0 aromatic heterocycles. The standard InChI is InChI=1S/C20H22F2O4.Na/c21-20(22,17(23)24)16(15-4-2-1-3-5-15)26-18(25)19-9-12-6-13(10-19)8-14(7-12)11-19;/h1-5,12-14,16H,6-11H2,(H,23,24);/q;+1/p-1. The van der Waals surface area contributed by atoms with Crippen molar-refractivity contribution < 1.29 is 57.8 Å². The smallest absolute Gasteiger partial charge is 0.544 e. The van der Waals surface area contributed by atoms with Gasteiger partial charge in [-0.3, -0.25) is 4.79 Å². The van der Waals surface area contributed by atoms with Gasteiger partial charge >= 0.3 is 41.4 Å². The molecule has 4 saturated carbocycles. The van der Waals surface area contributed by atoms with Crippen molar-refractivity contribution in [2.45, 2.75) is 50.6 Å². The van der Waals surface area contributed by atoms with Crippen molar-refractivity contribution in [2.75, 3.05) is 0 Å². The van der Waals surface area contributed by atoms with Gasteiger partial charge in [-0.15, -0.1) is 0 Å². The molecule has 7 heteroatoms. The van der Waals surface area contributed by atoms with Crippen molar-refractivity contribution in [3.05, 3.63) is 35.9 Å². The number of rotatable bonds is 5. The molecule has 4 aliphatic carbocycles. The van der Waals surface area contributed by atoms with Crippen molar-refractivity contribution >= 4 is 11.9 Å². The van der Waals surface area contributed by atoms with E-state index in [9.17, 15) is 23.5 Å². The van der Waals surface area contributed by atoms with Gasteiger partial charge < -0.3 is 14.6 Å². The first-order valence-electron chi connectivity index (χ1n) is 9.15. The maximum atomic E-state index is 14.3. The van der Waals surface area contributed by atoms with Crippen molar-refractivity contribution in [3.8, 4) is 0 Å². The summed E-state index contributed by atoms with van der Waals surface area (Å²) >= 11 is 0. The van der Waals surface area contributed by atoms with Gasteiger partial charge in [-0.05, 0) is 61.8 Å². The van der Waals surface area contributed by atoms with Crippen LogP contribution in [0, 0.1) is 23.2 Å². The van der Waals surface area contributed by atoms with Crippen LogP contribution >= 0.6 is 0 Å². The molecule has 0 amide bonds. The molecule has 4 bridgehead atoms. The number of esters is 1. The molecule has 0 heterocycles. The van der Waals surface area contributed by atoms with Crippen LogP contribution in [0.15, 0.2) is 30.3 Å². The van der Waals surface area contributed by atoms with E-state index in [4.69, 9.17) is 4.74 Å². The van der Waals surface area contributed by atoms with E-state index < -0.39 is 29.4 Å². The van der Waals surface area contributed by atoms with Crippen molar-refractivity contribution in [1.29, 1.82) is 0 Å². The maximum absolute atomic E-state index is 14.3. The van der Waals surface area contributed by atoms with Crippen molar-refractivity contribution in [2.24, 2.45) is 23.2 Å². The Bertz CT molecular complexity index is 687. The number of carboxylic acids is 1. The Hall–Kier alpha value is -0.980. The third kappa shape index (κ3) is 3.68. The molecule has 5 rings (SSSR count). The molecule has 27 heavy (non-hydrogen) atoms. The Labute approximate surface area is 178 Å². The van der Waals surface area contributed by atoms with E-state index >= 15 is 0 Å². The molecule has 1 unspecified atom stereocenters. The summed E-state index contributed by atoms with van der Waals surface area (Å²) in [4.78, 5) is 24.0. The largest absolute Gasteiger partial charge is 1.00 e. The predicted molar refractivity (Wildman–Crippen MR) is 85.8 cm³/mol. The van der Waals surface area contributed by atoms with E-state index in [1.54, 1.807) is 6.07 Å². The molecule has 4 nitrogen and oxygen atoms in total. The SMILES string of the molecule is O=C(OC(c1ccccc1)C(F)(F)C(=O)[O-])C12CC3CC(CC(C3)C1)C2.[Na+]. The third-order valence-corrected chi connectivity index (χ3v) is 6.40. The van der Waals surface area contributed by atoms with Gasteiger partial charge in [0, 0.05) is 0 Å². The molecular formula is C20H21F2NaO4. The zero-order chi connectivity index (χ0) is 18.5. The van der Waals surface area contributed by atoms with Gasteiger partial charge in [-0.2, -0.15) is 8.78 Å². The Morgan fingerprint density at radius 1 is 1.04 bits per heavy atom. The zero-order valence-electron chi connectivity index (χ0n) is 15.3. The fourth-order valence-corrected chi connectivity index (χ4v) is 5.68. The summed E-state index contributed by atoms with van der Waals surface area (Å²) < 4.78 is 33.8. The summed E-state index contributed by atoms with van der Waals surface area (Å²) in [6.45, 7) is 0. The van der Waals surface area contributed by atoms with Crippen LogP contribution in [0.1, 0.15) is 50.2 Å². The number of halogens is 2. The average Bonchev–Trinajstić information content (AvgIpc) is 2.58. The number of benzene rings is 1. The first-order valence-corrected chi connectivity index (χ1v) is 9.15. The van der Waals surface area contributed by atoms with E-state index in [1.807, 2.05) is 0 Å². The Kier molecular flexibility index (Phi) is 5.72. The minimum absolute atomic E-state index is 0. The molecule has 0 N–H and O–H groups in total. The molecule has 0 saturated heterocycles. The van der Waals surface area contributed by atoms with Crippen LogP contribution in [0.2, 0.25) is 0 Å². The number of hydrogen-bond acceptors (Lipinski definition) is 4. The van der Waals surface area contributed by atoms with Gasteiger partial charge in [0.15, 0.2) is 6.10 Å². The number of hydrogen-bond donors (Lipinski definition) is 0. The van der Waals surface area contributed by atoms with Crippen LogP contribution in [0.25, 0.3) is 0 Å². The minimum atomic E-state index is -4.29. The summed E-state index contributed by atoms with van der Waals surface area (Å²) in [6, 6.07) is 7.32. The predicted octanol–water partition coefficient (Wildman–Crippen LogP) is -0.123. The van der Waals surface area contributed by atoms with E-state index in [2.05, 4.69) is 0 Å². The van der Waals surface area contributed by atoms with Gasteiger partial charge in [-0.25, -0.2) is 0 Å². The van der Waals surface area contributed by atoms with Crippen LogP contribution in [0.3, 0.4) is 0 Å². The molecule has 1 aromatic carbocycles. The average molecular weight is 386 g/mol. The van der Waals surface area contributed by atoms with Crippen LogP contribution in [-0.4, -0.2) is 17.9 Å².